The van der Waals surface area contributed by atoms with Gasteiger partial charge in [-0.1, -0.05) is 35.5 Å². The van der Waals surface area contributed by atoms with Crippen molar-refractivity contribution in [2.45, 2.75) is 24.7 Å². The highest BCUT2D eigenvalue weighted by Crippen LogP contribution is 2.37. The predicted molar refractivity (Wildman–Crippen MR) is 130 cm³/mol. The van der Waals surface area contributed by atoms with Gasteiger partial charge in [0.1, 0.15) is 6.61 Å². The molecular weight excluding hydrogens is 525 g/mol. The summed E-state index contributed by atoms with van der Waals surface area (Å²) in [6.45, 7) is 2.07. The summed E-state index contributed by atoms with van der Waals surface area (Å²) >= 11 is 11.2. The lowest BCUT2D eigenvalue weighted by molar-refractivity contribution is 0.282. The van der Waals surface area contributed by atoms with Gasteiger partial charge in [0.25, 0.3) is 0 Å². The highest BCUT2D eigenvalue weighted by Gasteiger charge is 2.12. The van der Waals surface area contributed by atoms with Gasteiger partial charge in [-0.3, -0.25) is 0 Å². The lowest BCUT2D eigenvalue weighted by Gasteiger charge is -2.15. The maximum absolute atomic E-state index is 5.99. The summed E-state index contributed by atoms with van der Waals surface area (Å²) in [7, 11) is 3.49. The Bertz CT molecular complexity index is 959. The van der Waals surface area contributed by atoms with Crippen LogP contribution in [0.15, 0.2) is 46.0 Å². The number of nitrogens with one attached hydrogen (secondary N) is 1. The van der Waals surface area contributed by atoms with E-state index in [-0.39, 0.29) is 12.4 Å². The normalized spacial score (nSPS) is 10.6. The summed E-state index contributed by atoms with van der Waals surface area (Å²) in [6, 6.07) is 11.6. The number of nitrogens with zero attached hydrogens (tertiary/aromatic N) is 4. The van der Waals surface area contributed by atoms with Crippen LogP contribution >= 0.6 is 51.7 Å². The molecule has 11 heteroatoms. The molecule has 0 aliphatic carbocycles. The second-order valence-electron chi connectivity index (χ2n) is 6.49. The summed E-state index contributed by atoms with van der Waals surface area (Å²) in [6.07, 6.45) is 1.01. The zero-order chi connectivity index (χ0) is 21.3. The molecule has 0 aliphatic rings. The van der Waals surface area contributed by atoms with Crippen molar-refractivity contribution in [2.75, 3.05) is 19.4 Å². The highest BCUT2D eigenvalue weighted by molar-refractivity contribution is 9.10. The van der Waals surface area contributed by atoms with Crippen LogP contribution in [0.4, 0.5) is 0 Å². The van der Waals surface area contributed by atoms with Crippen molar-refractivity contribution in [3.63, 3.8) is 0 Å². The number of rotatable bonds is 11. The molecule has 0 fully saturated rings. The van der Waals surface area contributed by atoms with Crippen molar-refractivity contribution in [1.82, 2.24) is 25.5 Å². The average Bonchev–Trinajstić information content (AvgIpc) is 3.15. The zero-order valence-corrected chi connectivity index (χ0v) is 21.2. The van der Waals surface area contributed by atoms with E-state index in [0.717, 1.165) is 46.0 Å². The van der Waals surface area contributed by atoms with Crippen LogP contribution in [0.1, 0.15) is 17.5 Å². The van der Waals surface area contributed by atoms with Gasteiger partial charge in [0, 0.05) is 24.4 Å². The quantitative estimate of drug-likeness (QED) is 0.269. The molecule has 1 heterocycles. The molecule has 0 bridgehead atoms. The van der Waals surface area contributed by atoms with Crippen LogP contribution in [0.3, 0.4) is 0 Å². The summed E-state index contributed by atoms with van der Waals surface area (Å²) in [5.41, 5.74) is 2.15. The van der Waals surface area contributed by atoms with E-state index in [1.165, 1.54) is 0 Å². The molecule has 168 valence electrons. The monoisotopic (exact) mass is 547 g/mol. The first-order chi connectivity index (χ1) is 14.6. The van der Waals surface area contributed by atoms with Gasteiger partial charge < -0.3 is 14.8 Å². The van der Waals surface area contributed by atoms with Crippen molar-refractivity contribution < 1.29 is 9.47 Å². The van der Waals surface area contributed by atoms with Gasteiger partial charge in [0.15, 0.2) is 11.5 Å². The predicted octanol–water partition coefficient (Wildman–Crippen LogP) is 4.91. The van der Waals surface area contributed by atoms with E-state index in [2.05, 4.69) is 36.8 Å². The second-order valence-corrected chi connectivity index (χ2v) is 8.84. The van der Waals surface area contributed by atoms with Gasteiger partial charge >= 0.3 is 0 Å². The van der Waals surface area contributed by atoms with E-state index in [1.54, 1.807) is 23.6 Å². The molecular formula is C20H24BrCl2N5O2S. The van der Waals surface area contributed by atoms with E-state index in [1.807, 2.05) is 43.4 Å². The molecule has 0 saturated carbocycles. The van der Waals surface area contributed by atoms with E-state index in [9.17, 15) is 0 Å². The van der Waals surface area contributed by atoms with Crippen LogP contribution in [0.25, 0.3) is 0 Å². The molecule has 31 heavy (non-hydrogen) atoms. The Morgan fingerprint density at radius 1 is 1.19 bits per heavy atom. The molecule has 3 rings (SSSR count). The van der Waals surface area contributed by atoms with Gasteiger partial charge in [-0.2, -0.15) is 0 Å². The fraction of sp³-hybridized carbons (Fsp3) is 0.350. The lowest BCUT2D eigenvalue weighted by atomic mass is 10.2. The summed E-state index contributed by atoms with van der Waals surface area (Å²) in [4.78, 5) is 0. The molecule has 3 aromatic rings. The SMILES string of the molecule is COc1cc(CNCCCSc2nnnn2C)cc(Br)c1OCc1ccc(Cl)cc1.Cl. The van der Waals surface area contributed by atoms with Crippen LogP contribution < -0.4 is 14.8 Å². The molecule has 7 nitrogen and oxygen atoms in total. The first-order valence-electron chi connectivity index (χ1n) is 9.36. The average molecular weight is 549 g/mol. The largest absolute Gasteiger partial charge is 0.493 e. The van der Waals surface area contributed by atoms with Gasteiger partial charge in [0.2, 0.25) is 5.16 Å². The molecule has 0 unspecified atom stereocenters. The molecule has 0 aliphatic heterocycles. The minimum absolute atomic E-state index is 0. The van der Waals surface area contributed by atoms with Gasteiger partial charge in [-0.15, -0.1) is 17.5 Å². The third kappa shape index (κ3) is 7.84. The van der Waals surface area contributed by atoms with Crippen LogP contribution in [0.2, 0.25) is 5.02 Å². The van der Waals surface area contributed by atoms with Gasteiger partial charge in [0.05, 0.1) is 11.6 Å². The molecule has 0 radical (unpaired) electrons. The van der Waals surface area contributed by atoms with Crippen LogP contribution in [0.5, 0.6) is 11.5 Å². The van der Waals surface area contributed by atoms with E-state index in [0.29, 0.717) is 23.1 Å². The van der Waals surface area contributed by atoms with Crippen molar-refractivity contribution in [1.29, 1.82) is 0 Å². The summed E-state index contributed by atoms with van der Waals surface area (Å²) in [5.74, 6) is 2.33. The van der Waals surface area contributed by atoms with Gasteiger partial charge in [-0.05, 0) is 74.7 Å². The topological polar surface area (TPSA) is 74.1 Å². The third-order valence-electron chi connectivity index (χ3n) is 4.23. The minimum Gasteiger partial charge on any atom is -0.493 e. The Morgan fingerprint density at radius 3 is 2.65 bits per heavy atom. The van der Waals surface area contributed by atoms with Crippen molar-refractivity contribution >= 4 is 51.7 Å². The van der Waals surface area contributed by atoms with Gasteiger partial charge in [-0.25, -0.2) is 4.68 Å². The number of aromatic nitrogens is 4. The molecule has 1 aromatic heterocycles. The van der Waals surface area contributed by atoms with Crippen LogP contribution in [-0.4, -0.2) is 39.6 Å². The number of halogens is 3. The maximum atomic E-state index is 5.99. The first kappa shape index (κ1) is 25.7. The highest BCUT2D eigenvalue weighted by atomic mass is 79.9. The first-order valence-corrected chi connectivity index (χ1v) is 11.5. The zero-order valence-electron chi connectivity index (χ0n) is 17.2. The molecule has 0 saturated heterocycles. The number of aryl methyl sites for hydroxylation is 1. The number of hydrogen-bond donors (Lipinski definition) is 1. The van der Waals surface area contributed by atoms with E-state index < -0.39 is 0 Å². The maximum Gasteiger partial charge on any atom is 0.209 e. The number of methoxy groups -OCH3 is 1. The van der Waals surface area contributed by atoms with Crippen LogP contribution in [0, 0.1) is 0 Å². The fourth-order valence-corrected chi connectivity index (χ4v) is 4.21. The Kier molecular flexibility index (Phi) is 10.9. The minimum atomic E-state index is 0. The number of ether oxygens (including phenoxy) is 2. The molecule has 1 N–H and O–H groups in total. The fourth-order valence-electron chi connectivity index (χ4n) is 2.69. The van der Waals surface area contributed by atoms with Crippen LogP contribution in [-0.2, 0) is 20.2 Å². The van der Waals surface area contributed by atoms with E-state index >= 15 is 0 Å². The number of tetrazole rings is 1. The summed E-state index contributed by atoms with van der Waals surface area (Å²) < 4.78 is 14.1. The summed E-state index contributed by atoms with van der Waals surface area (Å²) in [5, 5.41) is 16.4. The molecule has 0 amide bonds. The molecule has 0 spiro atoms. The Balaban J connectivity index is 0.00000341. The Labute approximate surface area is 205 Å². The number of benzene rings is 2. The lowest BCUT2D eigenvalue weighted by Crippen LogP contribution is -2.15. The standard InChI is InChI=1S/C20H23BrClN5O2S.ClH/c1-27-20(24-25-26-27)30-9-3-8-23-12-15-10-17(21)19(18(11-15)28-2)29-13-14-4-6-16(22)7-5-14;/h4-7,10-11,23H,3,8-9,12-13H2,1-2H3;1H. The number of hydrogen-bond acceptors (Lipinski definition) is 7. The Morgan fingerprint density at radius 2 is 1.97 bits per heavy atom. The smallest absolute Gasteiger partial charge is 0.209 e. The number of thioether (sulfide) groups is 1. The van der Waals surface area contributed by atoms with E-state index in [4.69, 9.17) is 21.1 Å². The van der Waals surface area contributed by atoms with Crippen molar-refractivity contribution in [3.05, 3.63) is 57.0 Å². The third-order valence-corrected chi connectivity index (χ3v) is 6.16. The Hall–Kier alpha value is -1.52. The molecule has 0 atom stereocenters. The second kappa shape index (κ2) is 13.1. The van der Waals surface area contributed by atoms with Crippen molar-refractivity contribution in [3.8, 4) is 11.5 Å². The van der Waals surface area contributed by atoms with Crippen molar-refractivity contribution in [2.24, 2.45) is 7.05 Å². The molecule has 2 aromatic carbocycles.